The van der Waals surface area contributed by atoms with E-state index in [2.05, 4.69) is 238 Å². The van der Waals surface area contributed by atoms with E-state index < -0.39 is 0 Å². The highest BCUT2D eigenvalue weighted by atomic mass is 32.1. The van der Waals surface area contributed by atoms with Crippen LogP contribution in [0.15, 0.2) is 91.2 Å². The van der Waals surface area contributed by atoms with Crippen LogP contribution < -0.4 is 16.3 Å². The molecular weight excluding hydrogens is 1250 g/mol. The molecule has 0 unspecified atom stereocenters. The third kappa shape index (κ3) is 30.4. The van der Waals surface area contributed by atoms with E-state index in [1.54, 1.807) is 57.9 Å². The Morgan fingerprint density at radius 3 is 0.780 bits per heavy atom. The minimum atomic E-state index is -0.125. The van der Waals surface area contributed by atoms with E-state index in [1.165, 1.54) is 54.9 Å². The molecule has 6 rings (SSSR count). The molecular formula is C79H124O5S7+2. The minimum absolute atomic E-state index is 0.00875. The molecule has 0 spiro atoms. The molecule has 510 valence electrons. The second-order valence-electron chi connectivity index (χ2n) is 36.3. The first kappa shape index (κ1) is 85.5. The fourth-order valence-corrected chi connectivity index (χ4v) is 13.6. The quantitative estimate of drug-likeness (QED) is 0.111. The monoisotopic (exact) mass is 1380 g/mol. The van der Waals surface area contributed by atoms with Crippen LogP contribution in [0.3, 0.4) is 0 Å². The predicted molar refractivity (Wildman–Crippen MR) is 418 cm³/mol. The summed E-state index contributed by atoms with van der Waals surface area (Å²) in [5, 5.41) is 0. The molecule has 0 aromatic carbocycles. The third-order valence-corrected chi connectivity index (χ3v) is 22.6. The highest BCUT2D eigenvalue weighted by Gasteiger charge is 2.29. The summed E-state index contributed by atoms with van der Waals surface area (Å²) < 4.78 is 14.8. The van der Waals surface area contributed by atoms with E-state index >= 15 is 0 Å². The van der Waals surface area contributed by atoms with Crippen molar-refractivity contribution in [2.45, 2.75) is 314 Å². The van der Waals surface area contributed by atoms with Gasteiger partial charge in [-0.25, -0.2) is 0 Å². The van der Waals surface area contributed by atoms with Crippen molar-refractivity contribution in [3.8, 4) is 0 Å². The zero-order valence-electron chi connectivity index (χ0n) is 63.6. The van der Waals surface area contributed by atoms with Gasteiger partial charge in [-0.2, -0.15) is 10.9 Å². The Bertz CT molecular complexity index is 3080. The van der Waals surface area contributed by atoms with Gasteiger partial charge in [0.2, 0.25) is 0 Å². The maximum Gasteiger partial charge on any atom is 0.342 e. The third-order valence-electron chi connectivity index (χ3n) is 13.7. The lowest BCUT2D eigenvalue weighted by Gasteiger charge is -2.23. The van der Waals surface area contributed by atoms with Gasteiger partial charge in [0.15, 0.2) is 20.6 Å². The molecule has 1 N–H and O–H groups in total. The molecule has 6 heterocycles. The van der Waals surface area contributed by atoms with E-state index in [4.69, 9.17) is 33.3 Å². The SMILES string of the molecule is C=S=c1cc(C(C)(C)C)[sH+]c(C(C)(C)C)c1.CC(C)(C)c1cc(=O)cc(C(C)(C)C)o1.CC(C)(C)c1cc(=O)cc(C(C)(C)C)s1.CC(C)(C)c1cc(=S)cc(C(C)(C)C)o1.CC(C)(C)c1cc(=S)cc(C(C)(C)C)s1.CC(C)(C)c1cc(=[OH+])cc(C(C)(C)C)s1. The van der Waals surface area contributed by atoms with Crippen LogP contribution in [0.4, 0.5) is 0 Å². The zero-order chi connectivity index (χ0) is 71.8. The Labute approximate surface area is 584 Å². The van der Waals surface area contributed by atoms with Gasteiger partial charge in [0, 0.05) is 99.5 Å². The molecule has 0 fully saturated rings. The molecule has 6 aromatic heterocycles. The van der Waals surface area contributed by atoms with Gasteiger partial charge >= 0.3 is 5.43 Å². The van der Waals surface area contributed by atoms with Crippen LogP contribution in [-0.4, -0.2) is 10.7 Å². The van der Waals surface area contributed by atoms with Crippen LogP contribution in [0.1, 0.15) is 311 Å². The Kier molecular flexibility index (Phi) is 29.7. The summed E-state index contributed by atoms with van der Waals surface area (Å²) in [6.07, 6.45) is 0. The van der Waals surface area contributed by atoms with Gasteiger partial charge in [-0.1, -0.05) is 274 Å². The average Bonchev–Trinajstić information content (AvgIpc) is 0.946. The maximum absolute atomic E-state index is 11.6. The Balaban J connectivity index is 0.000000546. The highest BCUT2D eigenvalue weighted by Crippen LogP contribution is 2.38. The molecule has 0 atom stereocenters. The summed E-state index contributed by atoms with van der Waals surface area (Å²) in [6.45, 7) is 78.0. The zero-order valence-corrected chi connectivity index (χ0v) is 69.4. The smallest absolute Gasteiger partial charge is 0.342 e. The lowest BCUT2D eigenvalue weighted by molar-refractivity contribution is 0.327. The van der Waals surface area contributed by atoms with Crippen molar-refractivity contribution in [1.29, 1.82) is 0 Å². The van der Waals surface area contributed by atoms with E-state index in [-0.39, 0.29) is 75.8 Å². The molecule has 0 saturated heterocycles. The fraction of sp³-hybridized carbons (Fsp3) is 0.608. The van der Waals surface area contributed by atoms with Crippen molar-refractivity contribution < 1.29 is 13.6 Å². The van der Waals surface area contributed by atoms with Crippen LogP contribution >= 0.6 is 80.7 Å². The molecule has 91 heavy (non-hydrogen) atoms. The maximum atomic E-state index is 11.6. The molecule has 0 radical (unpaired) electrons. The molecule has 0 aliphatic heterocycles. The average molecular weight is 1380 g/mol. The van der Waals surface area contributed by atoms with Gasteiger partial charge in [0.25, 0.3) is 0 Å². The Hall–Kier alpha value is -3.49. The Morgan fingerprint density at radius 1 is 0.330 bits per heavy atom. The van der Waals surface area contributed by atoms with Gasteiger partial charge in [0.05, 0.1) is 12.1 Å². The van der Waals surface area contributed by atoms with Gasteiger partial charge < -0.3 is 8.83 Å². The summed E-state index contributed by atoms with van der Waals surface area (Å²) in [5.74, 6) is 7.35. The molecule has 0 aliphatic rings. The topological polar surface area (TPSA) is 81.8 Å². The van der Waals surface area contributed by atoms with Crippen LogP contribution in [0.5, 0.6) is 0 Å². The van der Waals surface area contributed by atoms with Crippen molar-refractivity contribution in [3.05, 3.63) is 174 Å². The van der Waals surface area contributed by atoms with Gasteiger partial charge in [-0.05, 0) is 86.1 Å². The lowest BCUT2D eigenvalue weighted by Crippen LogP contribution is -2.20. The molecule has 6 aromatic rings. The van der Waals surface area contributed by atoms with E-state index in [1.807, 2.05) is 77.1 Å². The predicted octanol–water partition coefficient (Wildman–Crippen LogP) is 24.7. The summed E-state index contributed by atoms with van der Waals surface area (Å²) >= 11 is 17.4. The van der Waals surface area contributed by atoms with E-state index in [0.717, 1.165) is 32.1 Å². The molecule has 12 heteroatoms. The Morgan fingerprint density at radius 2 is 0.549 bits per heavy atom. The first-order valence-electron chi connectivity index (χ1n) is 31.9. The van der Waals surface area contributed by atoms with Crippen molar-refractivity contribution in [2.24, 2.45) is 0 Å². The number of hydrogen-bond donors (Lipinski definition) is 0. The second-order valence-corrected chi connectivity index (χ2v) is 42.5. The number of rotatable bonds is 0. The van der Waals surface area contributed by atoms with Gasteiger partial charge in [-0.3, -0.25) is 14.4 Å². The first-order valence-corrected chi connectivity index (χ1v) is 37.1. The van der Waals surface area contributed by atoms with Crippen LogP contribution in [0.2, 0.25) is 0 Å². The standard InChI is InChI=1S/C14H22S2.C13H20O2.3C13H20OS.C13H20S2/c1-13(2,3)11-8-10(15-7)9-12(16-11)14(4,5)6;1-12(2,3)10-7-9(14)8-11(15-10)13(4,5)6;1-12(2,3)10-7-9(15)8-11(14-10)13(4,5)6;3*1-12(2,3)10-7-9(14)8-11(15-10)13(4,5)6/h8-9H,7H2,1-6H3;5*7-8H,1-6H3/p+2. The molecule has 0 bridgehead atoms. The van der Waals surface area contributed by atoms with Crippen molar-refractivity contribution >= 4 is 86.6 Å². The first-order chi connectivity index (χ1) is 40.2. The van der Waals surface area contributed by atoms with Crippen molar-refractivity contribution in [3.63, 3.8) is 0 Å². The van der Waals surface area contributed by atoms with E-state index in [9.17, 15) is 14.4 Å². The largest absolute Gasteiger partial charge is 0.465 e. The van der Waals surface area contributed by atoms with Crippen LogP contribution in [-0.2, 0) is 65.0 Å². The van der Waals surface area contributed by atoms with Crippen LogP contribution in [0, 0.1) is 13.5 Å². The lowest BCUT2D eigenvalue weighted by atomic mass is 9.90. The highest BCUT2D eigenvalue weighted by molar-refractivity contribution is 7.88. The molecule has 0 aliphatic carbocycles. The minimum Gasteiger partial charge on any atom is -0.465 e. The molecule has 0 amide bonds. The number of hydrogen-bond acceptors (Lipinski definition) is 9. The summed E-state index contributed by atoms with van der Waals surface area (Å²) in [4.78, 5) is 43.4. The molecule has 0 saturated carbocycles. The van der Waals surface area contributed by atoms with Gasteiger partial charge in [0.1, 0.15) is 23.0 Å². The van der Waals surface area contributed by atoms with Crippen molar-refractivity contribution in [1.82, 2.24) is 0 Å². The fourth-order valence-electron chi connectivity index (χ4n) is 7.45. The summed E-state index contributed by atoms with van der Waals surface area (Å²) in [6, 6.07) is 23.2. The van der Waals surface area contributed by atoms with Gasteiger partial charge in [-0.15, -0.1) is 34.0 Å². The normalized spacial score (nSPS) is 12.9. The van der Waals surface area contributed by atoms with E-state index in [0.29, 0.717) is 5.43 Å². The second kappa shape index (κ2) is 31.6. The molecule has 5 nitrogen and oxygen atoms in total. The van der Waals surface area contributed by atoms with Crippen LogP contribution in [0.25, 0.3) is 0 Å². The summed E-state index contributed by atoms with van der Waals surface area (Å²) in [5.41, 5.74) is 1.50. The summed E-state index contributed by atoms with van der Waals surface area (Å²) in [7, 11) is 1.59. The van der Waals surface area contributed by atoms with Crippen molar-refractivity contribution in [2.75, 3.05) is 0 Å².